The van der Waals surface area contributed by atoms with Crippen molar-refractivity contribution in [3.05, 3.63) is 54.1 Å². The van der Waals surface area contributed by atoms with Crippen LogP contribution in [0, 0.1) is 5.92 Å². The number of nitrogens with zero attached hydrogens (tertiary/aromatic N) is 2. The molecular weight excluding hydrogens is 366 g/mol. The number of hydrogen-bond acceptors (Lipinski definition) is 4. The lowest BCUT2D eigenvalue weighted by atomic mass is 10.1. The first-order valence-corrected chi connectivity index (χ1v) is 10.00. The molecule has 0 aromatic heterocycles. The van der Waals surface area contributed by atoms with E-state index in [0.29, 0.717) is 17.8 Å². The van der Waals surface area contributed by atoms with Crippen LogP contribution in [-0.2, 0) is 9.59 Å². The predicted molar refractivity (Wildman–Crippen MR) is 116 cm³/mol. The number of ketones is 1. The van der Waals surface area contributed by atoms with Crippen LogP contribution in [0.4, 0.5) is 17.1 Å². The van der Waals surface area contributed by atoms with Gasteiger partial charge in [0.15, 0.2) is 5.78 Å². The van der Waals surface area contributed by atoms with Gasteiger partial charge in [0.25, 0.3) is 0 Å². The Kier molecular flexibility index (Phi) is 6.32. The Bertz CT molecular complexity index is 887. The molecule has 0 saturated carbocycles. The number of carbonyl (C=O) groups is 3. The molecule has 1 fully saturated rings. The number of amides is 2. The number of rotatable bonds is 7. The largest absolute Gasteiger partial charge is 0.372 e. The molecule has 0 aliphatic carbocycles. The molecule has 1 unspecified atom stereocenters. The lowest BCUT2D eigenvalue weighted by Gasteiger charge is -2.22. The van der Waals surface area contributed by atoms with E-state index in [1.165, 1.54) is 6.92 Å². The fourth-order valence-electron chi connectivity index (χ4n) is 3.60. The van der Waals surface area contributed by atoms with Crippen LogP contribution in [0.5, 0.6) is 0 Å². The summed E-state index contributed by atoms with van der Waals surface area (Å²) in [6, 6.07) is 14.7. The van der Waals surface area contributed by atoms with Crippen LogP contribution in [0.25, 0.3) is 0 Å². The van der Waals surface area contributed by atoms with E-state index >= 15 is 0 Å². The first-order chi connectivity index (χ1) is 13.9. The van der Waals surface area contributed by atoms with Crippen LogP contribution in [-0.4, -0.2) is 37.2 Å². The number of benzene rings is 2. The smallest absolute Gasteiger partial charge is 0.229 e. The minimum absolute atomic E-state index is 0.0214. The van der Waals surface area contributed by atoms with Gasteiger partial charge in [0.1, 0.15) is 0 Å². The lowest BCUT2D eigenvalue weighted by Crippen LogP contribution is -2.28. The second-order valence-electron chi connectivity index (χ2n) is 7.22. The fourth-order valence-corrected chi connectivity index (χ4v) is 3.60. The third-order valence-corrected chi connectivity index (χ3v) is 5.34. The van der Waals surface area contributed by atoms with Gasteiger partial charge in [-0.05, 0) is 69.3 Å². The average Bonchev–Trinajstić information content (AvgIpc) is 3.12. The molecule has 2 aromatic rings. The van der Waals surface area contributed by atoms with Gasteiger partial charge in [-0.25, -0.2) is 0 Å². The van der Waals surface area contributed by atoms with E-state index in [1.54, 1.807) is 29.2 Å². The van der Waals surface area contributed by atoms with E-state index in [9.17, 15) is 14.4 Å². The third-order valence-electron chi connectivity index (χ3n) is 5.34. The molecular formula is C23H27N3O3. The first kappa shape index (κ1) is 20.6. The van der Waals surface area contributed by atoms with Crippen LogP contribution in [0.3, 0.4) is 0 Å². The molecule has 3 rings (SSSR count). The Labute approximate surface area is 171 Å². The number of Topliss-reactive ketones (excluding diaryl/α,β-unsaturated/α-hetero) is 1. The molecule has 1 atom stereocenters. The summed E-state index contributed by atoms with van der Waals surface area (Å²) in [7, 11) is 0. The average molecular weight is 393 g/mol. The van der Waals surface area contributed by atoms with Crippen molar-refractivity contribution < 1.29 is 14.4 Å². The van der Waals surface area contributed by atoms with Gasteiger partial charge in [0.05, 0.1) is 5.92 Å². The summed E-state index contributed by atoms with van der Waals surface area (Å²) in [5.74, 6) is -0.659. The molecule has 1 aliphatic rings. The highest BCUT2D eigenvalue weighted by atomic mass is 16.2. The summed E-state index contributed by atoms with van der Waals surface area (Å²) in [6.45, 7) is 7.93. The van der Waals surface area contributed by atoms with Crippen molar-refractivity contribution in [2.75, 3.05) is 34.8 Å². The van der Waals surface area contributed by atoms with Gasteiger partial charge >= 0.3 is 0 Å². The topological polar surface area (TPSA) is 69.7 Å². The lowest BCUT2D eigenvalue weighted by molar-refractivity contribution is -0.122. The third kappa shape index (κ3) is 4.65. The molecule has 1 saturated heterocycles. The van der Waals surface area contributed by atoms with Crippen molar-refractivity contribution in [2.45, 2.75) is 27.2 Å². The molecule has 6 heteroatoms. The summed E-state index contributed by atoms with van der Waals surface area (Å²) >= 11 is 0. The standard InChI is InChI=1S/C23H27N3O3/c1-4-25(5-2)20-10-12-21(13-11-20)26-15-18(14-22(26)28)23(29)24-19-8-6-17(7-9-19)16(3)27/h6-13,18H,4-5,14-15H2,1-3H3,(H,24,29). The van der Waals surface area contributed by atoms with Gasteiger partial charge in [-0.2, -0.15) is 0 Å². The normalized spacial score (nSPS) is 16.0. The van der Waals surface area contributed by atoms with Crippen molar-refractivity contribution in [1.82, 2.24) is 0 Å². The van der Waals surface area contributed by atoms with Crippen LogP contribution >= 0.6 is 0 Å². The molecule has 29 heavy (non-hydrogen) atoms. The monoisotopic (exact) mass is 393 g/mol. The molecule has 1 heterocycles. The summed E-state index contributed by atoms with van der Waals surface area (Å²) in [4.78, 5) is 40.4. The zero-order chi connectivity index (χ0) is 21.0. The van der Waals surface area contributed by atoms with E-state index in [0.717, 1.165) is 24.5 Å². The fraction of sp³-hybridized carbons (Fsp3) is 0.348. The Morgan fingerprint density at radius 3 is 2.21 bits per heavy atom. The number of hydrogen-bond donors (Lipinski definition) is 1. The Balaban J connectivity index is 1.64. The Hall–Kier alpha value is -3.15. The van der Waals surface area contributed by atoms with Crippen molar-refractivity contribution >= 4 is 34.7 Å². The zero-order valence-electron chi connectivity index (χ0n) is 17.1. The van der Waals surface area contributed by atoms with Gasteiger partial charge in [-0.1, -0.05) is 0 Å². The van der Waals surface area contributed by atoms with Crippen molar-refractivity contribution in [3.63, 3.8) is 0 Å². The minimum Gasteiger partial charge on any atom is -0.372 e. The maximum Gasteiger partial charge on any atom is 0.229 e. The predicted octanol–water partition coefficient (Wildman–Crippen LogP) is 3.73. The molecule has 0 bridgehead atoms. The van der Waals surface area contributed by atoms with Crippen LogP contribution < -0.4 is 15.1 Å². The van der Waals surface area contributed by atoms with Gasteiger partial charge in [0.2, 0.25) is 11.8 Å². The molecule has 152 valence electrons. The van der Waals surface area contributed by atoms with Crippen molar-refractivity contribution in [1.29, 1.82) is 0 Å². The maximum atomic E-state index is 12.6. The zero-order valence-corrected chi connectivity index (χ0v) is 17.1. The van der Waals surface area contributed by atoms with Crippen molar-refractivity contribution in [2.24, 2.45) is 5.92 Å². The van der Waals surface area contributed by atoms with Crippen LogP contribution in [0.2, 0.25) is 0 Å². The highest BCUT2D eigenvalue weighted by molar-refractivity contribution is 6.03. The van der Waals surface area contributed by atoms with E-state index < -0.39 is 5.92 Å². The molecule has 0 spiro atoms. The quantitative estimate of drug-likeness (QED) is 0.728. The second-order valence-corrected chi connectivity index (χ2v) is 7.22. The van der Waals surface area contributed by atoms with Crippen molar-refractivity contribution in [3.8, 4) is 0 Å². The highest BCUT2D eigenvalue weighted by Gasteiger charge is 2.35. The Morgan fingerprint density at radius 1 is 1.03 bits per heavy atom. The van der Waals surface area contributed by atoms with E-state index in [4.69, 9.17) is 0 Å². The summed E-state index contributed by atoms with van der Waals surface area (Å²) in [6.07, 6.45) is 0.190. The molecule has 1 aliphatic heterocycles. The van der Waals surface area contributed by atoms with E-state index in [-0.39, 0.29) is 24.0 Å². The minimum atomic E-state index is -0.405. The molecule has 2 aromatic carbocycles. The maximum absolute atomic E-state index is 12.6. The number of nitrogens with one attached hydrogen (secondary N) is 1. The van der Waals surface area contributed by atoms with E-state index in [2.05, 4.69) is 24.1 Å². The van der Waals surface area contributed by atoms with Gasteiger partial charge in [-0.15, -0.1) is 0 Å². The van der Waals surface area contributed by atoms with Crippen LogP contribution in [0.1, 0.15) is 37.6 Å². The molecule has 1 N–H and O–H groups in total. The van der Waals surface area contributed by atoms with Gasteiger partial charge in [0, 0.05) is 48.7 Å². The first-order valence-electron chi connectivity index (χ1n) is 10.00. The Morgan fingerprint density at radius 2 is 1.66 bits per heavy atom. The van der Waals surface area contributed by atoms with E-state index in [1.807, 2.05) is 24.3 Å². The second kappa shape index (κ2) is 8.90. The molecule has 6 nitrogen and oxygen atoms in total. The van der Waals surface area contributed by atoms with Gasteiger partial charge < -0.3 is 15.1 Å². The number of carbonyl (C=O) groups excluding carboxylic acids is 3. The summed E-state index contributed by atoms with van der Waals surface area (Å²) in [5.41, 5.74) is 3.15. The molecule has 2 amide bonds. The van der Waals surface area contributed by atoms with Gasteiger partial charge in [-0.3, -0.25) is 14.4 Å². The summed E-state index contributed by atoms with van der Waals surface area (Å²) in [5, 5.41) is 2.85. The molecule has 0 radical (unpaired) electrons. The number of anilines is 3. The SMILES string of the molecule is CCN(CC)c1ccc(N2CC(C(=O)Nc3ccc(C(C)=O)cc3)CC2=O)cc1. The highest BCUT2D eigenvalue weighted by Crippen LogP contribution is 2.28. The summed E-state index contributed by atoms with van der Waals surface area (Å²) < 4.78 is 0. The van der Waals surface area contributed by atoms with Crippen LogP contribution in [0.15, 0.2) is 48.5 Å².